The Morgan fingerprint density at radius 1 is 1.12 bits per heavy atom. The number of nitrogens with zero attached hydrogens (tertiary/aromatic N) is 1. The Morgan fingerprint density at radius 2 is 1.91 bits per heavy atom. The Morgan fingerprint density at radius 3 is 2.70 bits per heavy atom. The van der Waals surface area contributed by atoms with Crippen LogP contribution in [-0.4, -0.2) is 43.7 Å². The summed E-state index contributed by atoms with van der Waals surface area (Å²) in [6.45, 7) is 7.09. The van der Waals surface area contributed by atoms with Gasteiger partial charge in [0, 0.05) is 48.2 Å². The number of fused-ring (bicyclic) bond motifs is 3. The highest BCUT2D eigenvalue weighted by Gasteiger charge is 2.27. The van der Waals surface area contributed by atoms with Crippen LogP contribution in [-0.2, 0) is 23.0 Å². The summed E-state index contributed by atoms with van der Waals surface area (Å²) in [6.07, 6.45) is 3.21. The van der Waals surface area contributed by atoms with Gasteiger partial charge in [0.1, 0.15) is 0 Å². The molecule has 33 heavy (non-hydrogen) atoms. The Labute approximate surface area is 195 Å². The van der Waals surface area contributed by atoms with E-state index in [1.165, 1.54) is 11.1 Å². The van der Waals surface area contributed by atoms with Gasteiger partial charge in [-0.2, -0.15) is 0 Å². The third-order valence-corrected chi connectivity index (χ3v) is 8.60. The lowest BCUT2D eigenvalue weighted by molar-refractivity contribution is 0.0974. The lowest BCUT2D eigenvalue weighted by Crippen LogP contribution is -2.31. The predicted octanol–water partition coefficient (Wildman–Crippen LogP) is 4.10. The molecule has 1 saturated heterocycles. The van der Waals surface area contributed by atoms with Crippen LogP contribution < -0.4 is 4.72 Å². The Balaban J connectivity index is 1.27. The van der Waals surface area contributed by atoms with Gasteiger partial charge in [-0.15, -0.1) is 0 Å². The molecular formula is C26H31N3O3S. The minimum atomic E-state index is -3.64. The van der Waals surface area contributed by atoms with E-state index in [0.29, 0.717) is 24.4 Å². The van der Waals surface area contributed by atoms with Crippen LogP contribution in [0.25, 0.3) is 10.9 Å². The lowest BCUT2D eigenvalue weighted by Gasteiger charge is -2.17. The maximum Gasteiger partial charge on any atom is 0.240 e. The molecule has 1 aromatic heterocycles. The Kier molecular flexibility index (Phi) is 5.89. The molecule has 2 aliphatic rings. The molecule has 2 heterocycles. The van der Waals surface area contributed by atoms with Crippen LogP contribution in [0.15, 0.2) is 41.3 Å². The second-order valence-corrected chi connectivity index (χ2v) is 11.4. The van der Waals surface area contributed by atoms with Gasteiger partial charge in [-0.3, -0.25) is 9.69 Å². The molecule has 0 radical (unpaired) electrons. The average Bonchev–Trinajstić information content (AvgIpc) is 3.38. The van der Waals surface area contributed by atoms with Gasteiger partial charge in [-0.1, -0.05) is 29.8 Å². The first-order valence-electron chi connectivity index (χ1n) is 11.8. The SMILES string of the molecule is Cc1ccc(CN2CC[C@H](CNS(=O)(=O)c3cc4[nH]c5c(c4cc3C)C(=O)CCC5)C2)cc1. The minimum absolute atomic E-state index is 0.145. The van der Waals surface area contributed by atoms with E-state index >= 15 is 0 Å². The number of aromatic amines is 1. The molecule has 5 rings (SSSR count). The molecule has 2 N–H and O–H groups in total. The van der Waals surface area contributed by atoms with E-state index in [4.69, 9.17) is 0 Å². The molecule has 174 valence electrons. The number of H-pyrrole nitrogens is 1. The zero-order chi connectivity index (χ0) is 23.2. The van der Waals surface area contributed by atoms with Gasteiger partial charge >= 0.3 is 0 Å². The summed E-state index contributed by atoms with van der Waals surface area (Å²) >= 11 is 0. The number of hydrogen-bond donors (Lipinski definition) is 2. The van der Waals surface area contributed by atoms with Crippen molar-refractivity contribution in [2.24, 2.45) is 5.92 Å². The summed E-state index contributed by atoms with van der Waals surface area (Å²) < 4.78 is 29.2. The van der Waals surface area contributed by atoms with Crippen LogP contribution in [0.5, 0.6) is 0 Å². The summed E-state index contributed by atoms with van der Waals surface area (Å²) in [5.74, 6) is 0.441. The second kappa shape index (κ2) is 8.70. The van der Waals surface area contributed by atoms with E-state index in [1.807, 2.05) is 6.07 Å². The van der Waals surface area contributed by atoms with Crippen molar-refractivity contribution in [2.75, 3.05) is 19.6 Å². The van der Waals surface area contributed by atoms with Crippen LogP contribution >= 0.6 is 0 Å². The molecule has 0 amide bonds. The van der Waals surface area contributed by atoms with Gasteiger partial charge < -0.3 is 4.98 Å². The van der Waals surface area contributed by atoms with Crippen LogP contribution in [0.4, 0.5) is 0 Å². The van der Waals surface area contributed by atoms with Gasteiger partial charge in [-0.25, -0.2) is 13.1 Å². The summed E-state index contributed by atoms with van der Waals surface area (Å²) in [5, 5.41) is 0.841. The molecular weight excluding hydrogens is 434 g/mol. The monoisotopic (exact) mass is 465 g/mol. The van der Waals surface area contributed by atoms with E-state index < -0.39 is 10.0 Å². The van der Waals surface area contributed by atoms with E-state index in [0.717, 1.165) is 61.1 Å². The minimum Gasteiger partial charge on any atom is -0.358 e. The topological polar surface area (TPSA) is 82.3 Å². The first kappa shape index (κ1) is 22.3. The smallest absolute Gasteiger partial charge is 0.240 e. The summed E-state index contributed by atoms with van der Waals surface area (Å²) in [7, 11) is -3.64. The highest BCUT2D eigenvalue weighted by Crippen LogP contribution is 2.32. The zero-order valence-electron chi connectivity index (χ0n) is 19.3. The maximum atomic E-state index is 13.2. The predicted molar refractivity (Wildman–Crippen MR) is 130 cm³/mol. The van der Waals surface area contributed by atoms with Crippen LogP contribution in [0.1, 0.15) is 52.0 Å². The van der Waals surface area contributed by atoms with Crippen molar-refractivity contribution < 1.29 is 13.2 Å². The highest BCUT2D eigenvalue weighted by atomic mass is 32.2. The fourth-order valence-corrected chi connectivity index (χ4v) is 6.58. The number of sulfonamides is 1. The van der Waals surface area contributed by atoms with Crippen molar-refractivity contribution in [2.45, 2.75) is 51.0 Å². The first-order valence-corrected chi connectivity index (χ1v) is 13.2. The molecule has 0 bridgehead atoms. The van der Waals surface area contributed by atoms with Gasteiger partial charge in [-0.05, 0) is 68.8 Å². The molecule has 0 spiro atoms. The van der Waals surface area contributed by atoms with E-state index in [2.05, 4.69) is 45.8 Å². The van der Waals surface area contributed by atoms with Crippen LogP contribution in [0.3, 0.4) is 0 Å². The molecule has 0 saturated carbocycles. The summed E-state index contributed by atoms with van der Waals surface area (Å²) in [5.41, 5.74) is 5.62. The number of Topliss-reactive ketones (excluding diaryl/α,β-unsaturated/α-hetero) is 1. The quantitative estimate of drug-likeness (QED) is 0.574. The van der Waals surface area contributed by atoms with Crippen molar-refractivity contribution in [3.63, 3.8) is 0 Å². The number of nitrogens with one attached hydrogen (secondary N) is 2. The van der Waals surface area contributed by atoms with Crippen LogP contribution in [0, 0.1) is 19.8 Å². The third-order valence-electron chi connectivity index (χ3n) is 7.03. The molecule has 6 nitrogen and oxygen atoms in total. The van der Waals surface area contributed by atoms with Crippen molar-refractivity contribution in [3.8, 4) is 0 Å². The second-order valence-electron chi connectivity index (χ2n) is 9.65. The molecule has 0 unspecified atom stereocenters. The molecule has 7 heteroatoms. The highest BCUT2D eigenvalue weighted by molar-refractivity contribution is 7.89. The average molecular weight is 466 g/mol. The lowest BCUT2D eigenvalue weighted by atomic mass is 9.94. The molecule has 1 aliphatic carbocycles. The number of likely N-dealkylation sites (tertiary alicyclic amines) is 1. The first-order chi connectivity index (χ1) is 15.8. The number of aryl methyl sites for hydroxylation is 3. The number of carbonyl (C=O) groups excluding carboxylic acids is 1. The molecule has 1 aliphatic heterocycles. The molecule has 2 aromatic carbocycles. The Hall–Kier alpha value is -2.48. The van der Waals surface area contributed by atoms with Gasteiger partial charge in [0.2, 0.25) is 10.0 Å². The number of aromatic nitrogens is 1. The number of rotatable bonds is 6. The van der Waals surface area contributed by atoms with Crippen LogP contribution in [0.2, 0.25) is 0 Å². The standard InChI is InChI=1S/C26H31N3O3S/c1-17-6-8-19(9-7-17)15-29-11-10-20(16-29)14-27-33(31,32)25-13-23-21(12-18(25)2)26-22(28-23)4-3-5-24(26)30/h6-9,12-13,20,27-28H,3-5,10-11,14-16H2,1-2H3/t20-/m1/s1. The Bertz CT molecular complexity index is 1310. The van der Waals surface area contributed by atoms with Gasteiger partial charge in [0.25, 0.3) is 0 Å². The molecule has 1 atom stereocenters. The maximum absolute atomic E-state index is 13.2. The van der Waals surface area contributed by atoms with E-state index in [9.17, 15) is 13.2 Å². The van der Waals surface area contributed by atoms with E-state index in [1.54, 1.807) is 13.0 Å². The molecule has 3 aromatic rings. The summed E-state index contributed by atoms with van der Waals surface area (Å²) in [4.78, 5) is 18.4. The number of carbonyl (C=O) groups is 1. The fraction of sp³-hybridized carbons (Fsp3) is 0.423. The van der Waals surface area contributed by atoms with Crippen molar-refractivity contribution in [1.29, 1.82) is 0 Å². The normalized spacial score (nSPS) is 19.3. The largest absolute Gasteiger partial charge is 0.358 e. The van der Waals surface area contributed by atoms with E-state index in [-0.39, 0.29) is 10.7 Å². The van der Waals surface area contributed by atoms with Crippen molar-refractivity contribution >= 4 is 26.7 Å². The van der Waals surface area contributed by atoms with Crippen molar-refractivity contribution in [1.82, 2.24) is 14.6 Å². The number of ketones is 1. The fourth-order valence-electron chi connectivity index (χ4n) is 5.21. The molecule has 1 fully saturated rings. The van der Waals surface area contributed by atoms with Crippen molar-refractivity contribution in [3.05, 3.63) is 64.3 Å². The number of hydrogen-bond acceptors (Lipinski definition) is 4. The van der Waals surface area contributed by atoms with Gasteiger partial charge in [0.05, 0.1) is 4.90 Å². The number of benzene rings is 2. The van der Waals surface area contributed by atoms with Gasteiger partial charge in [0.15, 0.2) is 5.78 Å². The summed E-state index contributed by atoms with van der Waals surface area (Å²) in [6, 6.07) is 12.1. The zero-order valence-corrected chi connectivity index (χ0v) is 20.1. The third kappa shape index (κ3) is 4.50.